The van der Waals surface area contributed by atoms with Crippen LogP contribution in [0.25, 0.3) is 0 Å². The van der Waals surface area contributed by atoms with Gasteiger partial charge in [-0.3, -0.25) is 4.79 Å². The van der Waals surface area contributed by atoms with Crippen molar-refractivity contribution in [3.63, 3.8) is 0 Å². The molecule has 0 radical (unpaired) electrons. The molecule has 234 valence electrons. The minimum Gasteiger partial charge on any atom is -0.390 e. The largest absolute Gasteiger partial charge is 0.390 e. The first-order valence-electron chi connectivity index (χ1n) is 15.7. The molecule has 1 aromatic carbocycles. The molecular weight excluding hydrogens is 580 g/mol. The number of hydrogen-bond donors (Lipinski definition) is 2. The van der Waals surface area contributed by atoms with Gasteiger partial charge in [0.05, 0.1) is 17.1 Å². The number of fused-ring (bicyclic) bond motifs is 7. The summed E-state index contributed by atoms with van der Waals surface area (Å²) in [5, 5.41) is 17.1. The van der Waals surface area contributed by atoms with Crippen LogP contribution in [0.3, 0.4) is 0 Å². The second-order valence-electron chi connectivity index (χ2n) is 13.8. The Bertz CT molecular complexity index is 1580. The van der Waals surface area contributed by atoms with Crippen LogP contribution in [0.4, 0.5) is 14.5 Å². The number of rotatable bonds is 6. The molecule has 0 spiro atoms. The maximum absolute atomic E-state index is 17.7. The van der Waals surface area contributed by atoms with E-state index in [0.29, 0.717) is 17.6 Å². The number of benzene rings is 1. The molecule has 8 heteroatoms. The van der Waals surface area contributed by atoms with Gasteiger partial charge in [0.2, 0.25) is 0 Å². The van der Waals surface area contributed by atoms with Gasteiger partial charge >= 0.3 is 0 Å². The first kappa shape index (κ1) is 30.0. The number of allylic oxidation sites excluding steroid dienone is 5. The molecule has 1 aliphatic heterocycles. The van der Waals surface area contributed by atoms with E-state index in [9.17, 15) is 9.90 Å². The van der Waals surface area contributed by atoms with Crippen LogP contribution >= 0.6 is 11.3 Å². The van der Waals surface area contributed by atoms with Gasteiger partial charge < -0.3 is 19.9 Å². The van der Waals surface area contributed by atoms with Gasteiger partial charge in [0.25, 0.3) is 0 Å². The Morgan fingerprint density at radius 3 is 2.75 bits per heavy atom. The Balaban J connectivity index is 1.22. The highest BCUT2D eigenvalue weighted by Crippen LogP contribution is 2.73. The lowest BCUT2D eigenvalue weighted by Gasteiger charge is -2.63. The van der Waals surface area contributed by atoms with Gasteiger partial charge in [-0.05, 0) is 84.4 Å². The summed E-state index contributed by atoms with van der Waals surface area (Å²) in [4.78, 5) is 14.9. The topological polar surface area (TPSA) is 67.8 Å². The quantitative estimate of drug-likeness (QED) is 0.351. The standard InChI is InChI=1S/C36H41F2NO4S/c1-6-29(40)36-31(42-32(43-36)28-15-22(19-44-28)13-21-8-7-9-23(14-21)39-5)17-24-25-16-27(37)26-12-20(2)10-11-33(26,3)35(25,38)30(41)18-34(24,36)4/h7-12,14-15,19,24-25,27,30-32,39,41H,2,6,13,16-18H2,1,3-5H3/t24-,25-,27-,30-,31+,32+,33-,34-,35-,36+/m0/s1. The van der Waals surface area contributed by atoms with Crippen LogP contribution in [-0.2, 0) is 20.7 Å². The predicted octanol–water partition coefficient (Wildman–Crippen LogP) is 7.43. The van der Waals surface area contributed by atoms with Gasteiger partial charge in [0, 0.05) is 35.9 Å². The molecule has 5 aliphatic rings. The van der Waals surface area contributed by atoms with Crippen LogP contribution in [0, 0.1) is 22.7 Å². The predicted molar refractivity (Wildman–Crippen MR) is 168 cm³/mol. The number of nitrogens with one attached hydrogen (secondary N) is 1. The molecule has 7 rings (SSSR count). The molecule has 2 N–H and O–H groups in total. The van der Waals surface area contributed by atoms with Crippen LogP contribution in [0.15, 0.2) is 71.7 Å². The lowest BCUT2D eigenvalue weighted by Crippen LogP contribution is -2.70. The number of aliphatic hydroxyl groups excluding tert-OH is 1. The average molecular weight is 622 g/mol. The Kier molecular flexibility index (Phi) is 6.95. The van der Waals surface area contributed by atoms with Crippen LogP contribution in [0.5, 0.6) is 0 Å². The molecule has 0 amide bonds. The Labute approximate surface area is 262 Å². The molecule has 3 saturated carbocycles. The maximum atomic E-state index is 17.7. The van der Waals surface area contributed by atoms with E-state index < -0.39 is 58.6 Å². The summed E-state index contributed by atoms with van der Waals surface area (Å²) in [5.74, 6) is -1.34. The first-order valence-corrected chi connectivity index (χ1v) is 16.6. The zero-order valence-corrected chi connectivity index (χ0v) is 26.6. The SMILES string of the molecule is C=C1C=C[C@@]2(C)C(=C1)[C@@H](F)C[C@H]1[C@@H]3C[C@H]4O[C@@H](c5cc(Cc6cccc(NC)c6)cs5)O[C@@]4(C(=O)CC)[C@@]3(C)C[C@H](O)[C@@]12F. The van der Waals surface area contributed by atoms with E-state index in [2.05, 4.69) is 35.5 Å². The fourth-order valence-electron chi connectivity index (χ4n) is 9.59. The molecule has 0 bridgehead atoms. The Morgan fingerprint density at radius 2 is 2.00 bits per heavy atom. The molecule has 2 heterocycles. The Hall–Kier alpha value is -2.65. The number of thiophene rings is 1. The number of carbonyl (C=O) groups excluding carboxylic acids is 1. The molecule has 1 aromatic heterocycles. The number of anilines is 1. The molecule has 4 fully saturated rings. The number of Topliss-reactive ketones (excluding diaryl/α,β-unsaturated/α-hetero) is 1. The van der Waals surface area contributed by atoms with Gasteiger partial charge in [-0.15, -0.1) is 11.3 Å². The third kappa shape index (κ3) is 3.87. The van der Waals surface area contributed by atoms with E-state index >= 15 is 8.78 Å². The zero-order chi connectivity index (χ0) is 31.2. The minimum atomic E-state index is -2.11. The molecule has 10 atom stereocenters. The zero-order valence-electron chi connectivity index (χ0n) is 25.7. The van der Waals surface area contributed by atoms with Crippen molar-refractivity contribution in [3.05, 3.63) is 87.7 Å². The highest BCUT2D eigenvalue weighted by molar-refractivity contribution is 7.10. The molecule has 44 heavy (non-hydrogen) atoms. The third-order valence-corrected chi connectivity index (χ3v) is 12.7. The number of ether oxygens (including phenoxy) is 2. The van der Waals surface area contributed by atoms with Crippen molar-refractivity contribution < 1.29 is 28.2 Å². The van der Waals surface area contributed by atoms with Crippen molar-refractivity contribution in [2.45, 2.75) is 88.8 Å². The maximum Gasteiger partial charge on any atom is 0.194 e. The van der Waals surface area contributed by atoms with Crippen molar-refractivity contribution in [2.75, 3.05) is 12.4 Å². The van der Waals surface area contributed by atoms with Crippen molar-refractivity contribution in [2.24, 2.45) is 22.7 Å². The van der Waals surface area contributed by atoms with Crippen LogP contribution < -0.4 is 5.32 Å². The second kappa shape index (κ2) is 10.2. The van der Waals surface area contributed by atoms with Gasteiger partial charge in [0.15, 0.2) is 23.3 Å². The normalized spacial score (nSPS) is 42.2. The monoisotopic (exact) mass is 621 g/mol. The van der Waals surface area contributed by atoms with Crippen molar-refractivity contribution >= 4 is 22.8 Å². The molecule has 0 unspecified atom stereocenters. The highest BCUT2D eigenvalue weighted by atomic mass is 32.1. The number of hydrogen-bond acceptors (Lipinski definition) is 6. The fourth-order valence-corrected chi connectivity index (χ4v) is 10.5. The van der Waals surface area contributed by atoms with Crippen LogP contribution in [0.2, 0.25) is 0 Å². The molecule has 4 aliphatic carbocycles. The van der Waals surface area contributed by atoms with Crippen LogP contribution in [0.1, 0.15) is 68.7 Å². The summed E-state index contributed by atoms with van der Waals surface area (Å²) in [6.07, 6.45) is 2.17. The van der Waals surface area contributed by atoms with Crippen LogP contribution in [-0.4, -0.2) is 47.6 Å². The fraction of sp³-hybridized carbons (Fsp3) is 0.528. The number of halogens is 2. The van der Waals surface area contributed by atoms with E-state index in [1.165, 1.54) is 16.9 Å². The van der Waals surface area contributed by atoms with E-state index in [1.54, 1.807) is 32.1 Å². The molecule has 1 saturated heterocycles. The van der Waals surface area contributed by atoms with Crippen molar-refractivity contribution in [3.8, 4) is 0 Å². The molecular formula is C36H41F2NO4S. The summed E-state index contributed by atoms with van der Waals surface area (Å²) in [5.41, 5.74) is -1.42. The van der Waals surface area contributed by atoms with Gasteiger partial charge in [-0.1, -0.05) is 50.8 Å². The summed E-state index contributed by atoms with van der Waals surface area (Å²) in [6, 6.07) is 10.3. The first-order chi connectivity index (χ1) is 20.9. The van der Waals surface area contributed by atoms with Gasteiger partial charge in [-0.25, -0.2) is 8.78 Å². The van der Waals surface area contributed by atoms with E-state index in [0.717, 1.165) is 22.5 Å². The number of alkyl halides is 2. The number of carbonyl (C=O) groups is 1. The average Bonchev–Trinajstić information content (AvgIpc) is 3.68. The number of ketones is 1. The van der Waals surface area contributed by atoms with Gasteiger partial charge in [-0.2, -0.15) is 0 Å². The molecule has 2 aromatic rings. The van der Waals surface area contributed by atoms with Crippen molar-refractivity contribution in [1.29, 1.82) is 0 Å². The summed E-state index contributed by atoms with van der Waals surface area (Å²) in [7, 11) is 1.90. The van der Waals surface area contributed by atoms with Crippen molar-refractivity contribution in [1.82, 2.24) is 0 Å². The van der Waals surface area contributed by atoms with E-state index in [-0.39, 0.29) is 25.0 Å². The summed E-state index contributed by atoms with van der Waals surface area (Å²) >= 11 is 1.53. The Morgan fingerprint density at radius 1 is 1.20 bits per heavy atom. The third-order valence-electron chi connectivity index (χ3n) is 11.7. The van der Waals surface area contributed by atoms with Gasteiger partial charge in [0.1, 0.15) is 6.17 Å². The van der Waals surface area contributed by atoms with E-state index in [4.69, 9.17) is 9.47 Å². The number of aliphatic hydroxyl groups is 1. The highest BCUT2D eigenvalue weighted by Gasteiger charge is 2.79. The lowest BCUT2D eigenvalue weighted by molar-refractivity contribution is -0.234. The lowest BCUT2D eigenvalue weighted by atomic mass is 9.44. The molecule has 5 nitrogen and oxygen atoms in total. The van der Waals surface area contributed by atoms with E-state index in [1.807, 2.05) is 26.1 Å². The minimum absolute atomic E-state index is 0.0229. The summed E-state index contributed by atoms with van der Waals surface area (Å²) in [6.45, 7) is 9.37. The smallest absolute Gasteiger partial charge is 0.194 e. The second-order valence-corrected chi connectivity index (χ2v) is 14.8. The summed E-state index contributed by atoms with van der Waals surface area (Å²) < 4.78 is 47.0.